The number of primary sulfonamides is 1. The molecule has 0 bridgehead atoms. The van der Waals surface area contributed by atoms with E-state index in [0.717, 1.165) is 16.1 Å². The monoisotopic (exact) mass is 431 g/mol. The van der Waals surface area contributed by atoms with Crippen LogP contribution >= 0.6 is 11.3 Å². The molecule has 0 radical (unpaired) electrons. The number of sulfonamides is 1. The third-order valence-electron chi connectivity index (χ3n) is 4.29. The summed E-state index contributed by atoms with van der Waals surface area (Å²) in [6.07, 6.45) is 0.553. The SMILES string of the molecule is Cc1scnc1COc1ccccc1C(=O)NCCc1ccc(S(N)(=O)=O)cc1. The van der Waals surface area contributed by atoms with Crippen LogP contribution in [0.25, 0.3) is 0 Å². The lowest BCUT2D eigenvalue weighted by Crippen LogP contribution is -2.26. The summed E-state index contributed by atoms with van der Waals surface area (Å²) in [7, 11) is -3.71. The number of ether oxygens (including phenoxy) is 1. The fourth-order valence-corrected chi connectivity index (χ4v) is 3.76. The highest BCUT2D eigenvalue weighted by Crippen LogP contribution is 2.21. The van der Waals surface area contributed by atoms with Crippen LogP contribution in [0.3, 0.4) is 0 Å². The molecule has 3 rings (SSSR count). The predicted molar refractivity (Wildman–Crippen MR) is 111 cm³/mol. The van der Waals surface area contributed by atoms with E-state index in [1.165, 1.54) is 12.1 Å². The van der Waals surface area contributed by atoms with Gasteiger partial charge in [0.25, 0.3) is 5.91 Å². The van der Waals surface area contributed by atoms with Gasteiger partial charge in [0.2, 0.25) is 10.0 Å². The fourth-order valence-electron chi connectivity index (χ4n) is 2.65. The van der Waals surface area contributed by atoms with Gasteiger partial charge in [-0.15, -0.1) is 11.3 Å². The highest BCUT2D eigenvalue weighted by molar-refractivity contribution is 7.89. The van der Waals surface area contributed by atoms with E-state index in [4.69, 9.17) is 9.88 Å². The Hall–Kier alpha value is -2.75. The van der Waals surface area contributed by atoms with E-state index >= 15 is 0 Å². The van der Waals surface area contributed by atoms with E-state index in [0.29, 0.717) is 30.9 Å². The van der Waals surface area contributed by atoms with E-state index in [1.807, 2.05) is 13.0 Å². The van der Waals surface area contributed by atoms with Crippen molar-refractivity contribution in [2.45, 2.75) is 24.8 Å². The first-order chi connectivity index (χ1) is 13.8. The summed E-state index contributed by atoms with van der Waals surface area (Å²) in [5, 5.41) is 7.95. The smallest absolute Gasteiger partial charge is 0.255 e. The molecule has 0 unspecified atom stereocenters. The Bertz CT molecular complexity index is 1090. The van der Waals surface area contributed by atoms with Gasteiger partial charge in [-0.2, -0.15) is 0 Å². The van der Waals surface area contributed by atoms with E-state index in [-0.39, 0.29) is 10.8 Å². The number of benzene rings is 2. The number of rotatable bonds is 8. The molecule has 0 aliphatic carbocycles. The number of hydrogen-bond acceptors (Lipinski definition) is 6. The van der Waals surface area contributed by atoms with Gasteiger partial charge in [-0.25, -0.2) is 18.5 Å². The maximum absolute atomic E-state index is 12.6. The number of aryl methyl sites for hydroxylation is 1. The predicted octanol–water partition coefficient (Wildman–Crippen LogP) is 2.65. The summed E-state index contributed by atoms with van der Waals surface area (Å²) in [5.41, 5.74) is 3.96. The molecule has 0 aliphatic heterocycles. The zero-order valence-corrected chi connectivity index (χ0v) is 17.4. The van der Waals surface area contributed by atoms with Crippen molar-refractivity contribution >= 4 is 27.3 Å². The molecule has 0 atom stereocenters. The van der Waals surface area contributed by atoms with Crippen LogP contribution in [0.15, 0.2) is 58.9 Å². The number of nitrogens with one attached hydrogen (secondary N) is 1. The lowest BCUT2D eigenvalue weighted by atomic mass is 10.1. The van der Waals surface area contributed by atoms with Gasteiger partial charge in [0.15, 0.2) is 0 Å². The fraction of sp³-hybridized carbons (Fsp3) is 0.200. The zero-order valence-electron chi connectivity index (χ0n) is 15.8. The van der Waals surface area contributed by atoms with Gasteiger partial charge >= 0.3 is 0 Å². The summed E-state index contributed by atoms with van der Waals surface area (Å²) < 4.78 is 28.4. The minimum atomic E-state index is -3.71. The molecule has 29 heavy (non-hydrogen) atoms. The number of nitrogens with zero attached hydrogens (tertiary/aromatic N) is 1. The number of amides is 1. The highest BCUT2D eigenvalue weighted by Gasteiger charge is 2.13. The van der Waals surface area contributed by atoms with Gasteiger partial charge in [0.1, 0.15) is 12.4 Å². The molecule has 0 saturated heterocycles. The second-order valence-electron chi connectivity index (χ2n) is 6.33. The second-order valence-corrected chi connectivity index (χ2v) is 8.96. The Morgan fingerprint density at radius 3 is 2.55 bits per heavy atom. The first-order valence-electron chi connectivity index (χ1n) is 8.85. The van der Waals surface area contributed by atoms with E-state index in [9.17, 15) is 13.2 Å². The maximum atomic E-state index is 12.6. The minimum Gasteiger partial charge on any atom is -0.486 e. The maximum Gasteiger partial charge on any atom is 0.255 e. The molecule has 3 aromatic rings. The summed E-state index contributed by atoms with van der Waals surface area (Å²) in [6.45, 7) is 2.67. The molecular weight excluding hydrogens is 410 g/mol. The van der Waals surface area contributed by atoms with Crippen LogP contribution in [0.2, 0.25) is 0 Å². The van der Waals surface area contributed by atoms with Gasteiger partial charge in [0, 0.05) is 11.4 Å². The van der Waals surface area contributed by atoms with Crippen molar-refractivity contribution in [1.29, 1.82) is 0 Å². The first-order valence-corrected chi connectivity index (χ1v) is 11.3. The third-order valence-corrected chi connectivity index (χ3v) is 6.02. The quantitative estimate of drug-likeness (QED) is 0.570. The van der Waals surface area contributed by atoms with Crippen molar-refractivity contribution < 1.29 is 17.9 Å². The standard InChI is InChI=1S/C20H21N3O4S2/c1-14-18(23-13-28-14)12-27-19-5-3-2-4-17(19)20(24)22-11-10-15-6-8-16(9-7-15)29(21,25)26/h2-9,13H,10-12H2,1H3,(H,22,24)(H2,21,25,26). The number of thiazole rings is 1. The van der Waals surface area contributed by atoms with E-state index < -0.39 is 10.0 Å². The van der Waals surface area contributed by atoms with Crippen LogP contribution in [0, 0.1) is 6.92 Å². The first kappa shape index (κ1) is 21.0. The van der Waals surface area contributed by atoms with Crippen molar-refractivity contribution in [3.05, 3.63) is 75.7 Å². The van der Waals surface area contributed by atoms with Crippen LogP contribution in [-0.2, 0) is 23.1 Å². The van der Waals surface area contributed by atoms with Crippen molar-refractivity contribution in [3.8, 4) is 5.75 Å². The normalized spacial score (nSPS) is 11.2. The van der Waals surface area contributed by atoms with Gasteiger partial charge in [-0.05, 0) is 43.2 Å². The number of nitrogens with two attached hydrogens (primary N) is 1. The average Bonchev–Trinajstić information content (AvgIpc) is 3.11. The highest BCUT2D eigenvalue weighted by atomic mass is 32.2. The molecule has 0 fully saturated rings. The molecule has 0 saturated carbocycles. The van der Waals surface area contributed by atoms with Crippen molar-refractivity contribution in [3.63, 3.8) is 0 Å². The topological polar surface area (TPSA) is 111 Å². The summed E-state index contributed by atoms with van der Waals surface area (Å²) >= 11 is 1.55. The molecule has 7 nitrogen and oxygen atoms in total. The van der Waals surface area contributed by atoms with Gasteiger partial charge in [-0.3, -0.25) is 4.79 Å². The van der Waals surface area contributed by atoms with Gasteiger partial charge in [-0.1, -0.05) is 24.3 Å². The number of hydrogen-bond donors (Lipinski definition) is 2. The van der Waals surface area contributed by atoms with Crippen LogP contribution in [0.5, 0.6) is 5.75 Å². The van der Waals surface area contributed by atoms with E-state index in [2.05, 4.69) is 10.3 Å². The lowest BCUT2D eigenvalue weighted by Gasteiger charge is -2.11. The Morgan fingerprint density at radius 1 is 1.17 bits per heavy atom. The summed E-state index contributed by atoms with van der Waals surface area (Å²) in [4.78, 5) is 18.0. The number of aromatic nitrogens is 1. The number of carbonyl (C=O) groups excluding carboxylic acids is 1. The van der Waals surface area contributed by atoms with Crippen molar-refractivity contribution in [2.24, 2.45) is 5.14 Å². The lowest BCUT2D eigenvalue weighted by molar-refractivity contribution is 0.0949. The Labute approximate surface area is 173 Å². The summed E-state index contributed by atoms with van der Waals surface area (Å²) in [5.74, 6) is 0.256. The van der Waals surface area contributed by atoms with Crippen LogP contribution in [-0.4, -0.2) is 25.9 Å². The van der Waals surface area contributed by atoms with Crippen molar-refractivity contribution in [2.75, 3.05) is 6.54 Å². The molecule has 0 spiro atoms. The molecular formula is C20H21N3O4S2. The average molecular weight is 432 g/mol. The molecule has 0 aliphatic rings. The number of carbonyl (C=O) groups is 1. The molecule has 152 valence electrons. The molecule has 2 aromatic carbocycles. The summed E-state index contributed by atoms with van der Waals surface area (Å²) in [6, 6.07) is 13.3. The Kier molecular flexibility index (Phi) is 6.63. The molecule has 1 amide bonds. The zero-order chi connectivity index (χ0) is 20.9. The second kappa shape index (κ2) is 9.17. The molecule has 1 aromatic heterocycles. The van der Waals surface area contributed by atoms with E-state index in [1.54, 1.807) is 47.2 Å². The number of para-hydroxylation sites is 1. The minimum absolute atomic E-state index is 0.0618. The molecule has 9 heteroatoms. The largest absolute Gasteiger partial charge is 0.486 e. The third kappa shape index (κ3) is 5.63. The molecule has 3 N–H and O–H groups in total. The molecule has 1 heterocycles. The van der Waals surface area contributed by atoms with Crippen molar-refractivity contribution in [1.82, 2.24) is 10.3 Å². The Morgan fingerprint density at radius 2 is 1.90 bits per heavy atom. The van der Waals surface area contributed by atoms with Crippen LogP contribution in [0.4, 0.5) is 0 Å². The van der Waals surface area contributed by atoms with Gasteiger partial charge in [0.05, 0.1) is 21.7 Å². The van der Waals surface area contributed by atoms with Gasteiger partial charge < -0.3 is 10.1 Å². The Balaban J connectivity index is 1.57. The van der Waals surface area contributed by atoms with Crippen LogP contribution in [0.1, 0.15) is 26.5 Å². The van der Waals surface area contributed by atoms with Crippen LogP contribution < -0.4 is 15.2 Å².